The molecule has 0 radical (unpaired) electrons. The van der Waals surface area contributed by atoms with E-state index in [0.717, 1.165) is 0 Å². The number of benzene rings is 3. The monoisotopic (exact) mass is 518 g/mol. The first-order chi connectivity index (χ1) is 14.6. The first kappa shape index (κ1) is 23.5. The van der Waals surface area contributed by atoms with Crippen LogP contribution >= 0.6 is 46.4 Å². The number of amides is 1. The molecule has 2 N–H and O–H groups in total. The molecule has 0 saturated carbocycles. The molecule has 3 aromatic rings. The van der Waals surface area contributed by atoms with Gasteiger partial charge in [-0.05, 0) is 54.6 Å². The van der Waals surface area contributed by atoms with E-state index in [0.29, 0.717) is 10.0 Å². The minimum Gasteiger partial charge on any atom is -0.495 e. The van der Waals surface area contributed by atoms with Gasteiger partial charge in [0.1, 0.15) is 5.75 Å². The van der Waals surface area contributed by atoms with Crippen molar-refractivity contribution in [1.29, 1.82) is 0 Å². The van der Waals surface area contributed by atoms with E-state index in [4.69, 9.17) is 51.1 Å². The lowest BCUT2D eigenvalue weighted by atomic mass is 10.2. The number of sulfonamides is 1. The van der Waals surface area contributed by atoms with Crippen molar-refractivity contribution in [2.75, 3.05) is 17.1 Å². The van der Waals surface area contributed by atoms with E-state index in [1.165, 1.54) is 61.7 Å². The number of rotatable bonds is 6. The minimum atomic E-state index is -4.06. The fourth-order valence-electron chi connectivity index (χ4n) is 2.59. The molecule has 11 heteroatoms. The summed E-state index contributed by atoms with van der Waals surface area (Å²) in [6.07, 6.45) is 0. The Bertz CT molecular complexity index is 1270. The molecule has 31 heavy (non-hydrogen) atoms. The summed E-state index contributed by atoms with van der Waals surface area (Å²) in [7, 11) is -2.67. The molecular formula is C20H14Cl4N2O4S. The number of halogens is 4. The summed E-state index contributed by atoms with van der Waals surface area (Å²) >= 11 is 23.9. The van der Waals surface area contributed by atoms with Crippen LogP contribution in [0.3, 0.4) is 0 Å². The second-order valence-corrected chi connectivity index (χ2v) is 9.54. The van der Waals surface area contributed by atoms with Gasteiger partial charge in [0, 0.05) is 10.0 Å². The molecule has 0 aliphatic heterocycles. The quantitative estimate of drug-likeness (QED) is 0.396. The number of methoxy groups -OCH3 is 1. The van der Waals surface area contributed by atoms with Gasteiger partial charge >= 0.3 is 0 Å². The van der Waals surface area contributed by atoms with Crippen molar-refractivity contribution in [3.05, 3.63) is 80.3 Å². The van der Waals surface area contributed by atoms with E-state index in [1.807, 2.05) is 0 Å². The second kappa shape index (κ2) is 9.54. The predicted molar refractivity (Wildman–Crippen MR) is 125 cm³/mol. The van der Waals surface area contributed by atoms with E-state index in [-0.39, 0.29) is 37.6 Å². The molecule has 0 unspecified atom stereocenters. The van der Waals surface area contributed by atoms with Crippen LogP contribution < -0.4 is 14.8 Å². The van der Waals surface area contributed by atoms with Gasteiger partial charge in [0.05, 0.1) is 39.0 Å². The highest BCUT2D eigenvalue weighted by molar-refractivity contribution is 7.92. The minimum absolute atomic E-state index is 0.114. The molecule has 0 bridgehead atoms. The molecule has 0 heterocycles. The molecule has 0 fully saturated rings. The molecule has 0 aliphatic carbocycles. The van der Waals surface area contributed by atoms with E-state index in [1.54, 1.807) is 0 Å². The topological polar surface area (TPSA) is 84.5 Å². The predicted octanol–water partition coefficient (Wildman–Crippen LogP) is 6.36. The van der Waals surface area contributed by atoms with Crippen LogP contribution in [-0.4, -0.2) is 21.4 Å². The summed E-state index contributed by atoms with van der Waals surface area (Å²) in [4.78, 5) is 12.5. The third-order valence-corrected chi connectivity index (χ3v) is 6.55. The average molecular weight is 520 g/mol. The van der Waals surface area contributed by atoms with Gasteiger partial charge in [-0.3, -0.25) is 9.52 Å². The first-order valence-corrected chi connectivity index (χ1v) is 11.5. The van der Waals surface area contributed by atoms with Crippen LogP contribution in [0.1, 0.15) is 10.4 Å². The lowest BCUT2D eigenvalue weighted by Crippen LogP contribution is -2.16. The first-order valence-electron chi connectivity index (χ1n) is 8.53. The summed E-state index contributed by atoms with van der Waals surface area (Å²) in [6, 6.07) is 12.8. The maximum absolute atomic E-state index is 12.9. The normalized spacial score (nSPS) is 11.1. The number of carbonyl (C=O) groups excluding carboxylic acids is 1. The Morgan fingerprint density at radius 2 is 1.52 bits per heavy atom. The summed E-state index contributed by atoms with van der Waals surface area (Å²) in [5, 5.41) is 3.60. The van der Waals surface area contributed by atoms with Crippen molar-refractivity contribution in [3.8, 4) is 5.75 Å². The number of hydrogen-bond acceptors (Lipinski definition) is 4. The van der Waals surface area contributed by atoms with Gasteiger partial charge < -0.3 is 10.1 Å². The summed E-state index contributed by atoms with van der Waals surface area (Å²) in [5.41, 5.74) is 0.396. The Hall–Kier alpha value is -2.16. The second-order valence-electron chi connectivity index (χ2n) is 6.17. The van der Waals surface area contributed by atoms with Gasteiger partial charge in [-0.15, -0.1) is 0 Å². The molecule has 0 aromatic heterocycles. The standard InChI is InChI=1S/C20H14Cl4N2O4S/c1-30-19-7-4-13(31(28,29)26-17-9-12(22)3-6-15(17)23)10-18(19)25-20(27)14-5-2-11(21)8-16(14)24/h2-10,26H,1H3,(H,25,27). The molecule has 162 valence electrons. The zero-order valence-corrected chi connectivity index (χ0v) is 19.6. The highest BCUT2D eigenvalue weighted by Gasteiger charge is 2.20. The van der Waals surface area contributed by atoms with Gasteiger partial charge in [0.15, 0.2) is 0 Å². The van der Waals surface area contributed by atoms with Gasteiger partial charge in [-0.2, -0.15) is 0 Å². The van der Waals surface area contributed by atoms with Gasteiger partial charge in [-0.1, -0.05) is 46.4 Å². The fraction of sp³-hybridized carbons (Fsp3) is 0.0500. The summed E-state index contributed by atoms with van der Waals surface area (Å²) in [6.45, 7) is 0. The summed E-state index contributed by atoms with van der Waals surface area (Å²) < 4.78 is 33.3. The van der Waals surface area contributed by atoms with Crippen molar-refractivity contribution in [3.63, 3.8) is 0 Å². The third-order valence-electron chi connectivity index (χ3n) is 4.08. The van der Waals surface area contributed by atoms with Crippen LogP contribution in [0.25, 0.3) is 0 Å². The van der Waals surface area contributed by atoms with Crippen LogP contribution in [0, 0.1) is 0 Å². The number of anilines is 2. The van der Waals surface area contributed by atoms with E-state index in [2.05, 4.69) is 10.0 Å². The van der Waals surface area contributed by atoms with Crippen molar-refractivity contribution < 1.29 is 17.9 Å². The Morgan fingerprint density at radius 3 is 2.19 bits per heavy atom. The Balaban J connectivity index is 1.94. The Labute approximate surface area is 199 Å². The number of ether oxygens (including phenoxy) is 1. The van der Waals surface area contributed by atoms with Crippen LogP contribution in [0.2, 0.25) is 20.1 Å². The average Bonchev–Trinajstić information content (AvgIpc) is 2.70. The smallest absolute Gasteiger partial charge is 0.262 e. The van der Waals surface area contributed by atoms with Gasteiger partial charge in [0.25, 0.3) is 15.9 Å². The number of nitrogens with one attached hydrogen (secondary N) is 2. The van der Waals surface area contributed by atoms with Crippen molar-refractivity contribution in [2.24, 2.45) is 0 Å². The van der Waals surface area contributed by atoms with E-state index >= 15 is 0 Å². The van der Waals surface area contributed by atoms with Crippen LogP contribution in [0.4, 0.5) is 11.4 Å². The third kappa shape index (κ3) is 5.56. The van der Waals surface area contributed by atoms with Crippen molar-refractivity contribution in [2.45, 2.75) is 4.90 Å². The van der Waals surface area contributed by atoms with E-state index < -0.39 is 15.9 Å². The van der Waals surface area contributed by atoms with E-state index in [9.17, 15) is 13.2 Å². The SMILES string of the molecule is COc1ccc(S(=O)(=O)Nc2cc(Cl)ccc2Cl)cc1NC(=O)c1ccc(Cl)cc1Cl. The van der Waals surface area contributed by atoms with Gasteiger partial charge in [0.2, 0.25) is 0 Å². The molecule has 3 rings (SSSR count). The maximum Gasteiger partial charge on any atom is 0.262 e. The number of carbonyl (C=O) groups is 1. The molecular weight excluding hydrogens is 506 g/mol. The molecule has 1 amide bonds. The van der Waals surface area contributed by atoms with Crippen LogP contribution in [-0.2, 0) is 10.0 Å². The molecule has 0 aliphatic rings. The number of hydrogen-bond donors (Lipinski definition) is 2. The fourth-order valence-corrected chi connectivity index (χ4v) is 4.58. The van der Waals surface area contributed by atoms with Crippen molar-refractivity contribution in [1.82, 2.24) is 0 Å². The Morgan fingerprint density at radius 1 is 0.839 bits per heavy atom. The Kier molecular flexibility index (Phi) is 7.24. The highest BCUT2D eigenvalue weighted by atomic mass is 35.5. The maximum atomic E-state index is 12.9. The molecule has 3 aromatic carbocycles. The largest absolute Gasteiger partial charge is 0.495 e. The zero-order chi connectivity index (χ0) is 22.8. The highest BCUT2D eigenvalue weighted by Crippen LogP contribution is 2.32. The lowest BCUT2D eigenvalue weighted by Gasteiger charge is -2.14. The molecule has 0 saturated heterocycles. The van der Waals surface area contributed by atoms with Crippen molar-refractivity contribution >= 4 is 73.7 Å². The van der Waals surface area contributed by atoms with Crippen LogP contribution in [0.15, 0.2) is 59.5 Å². The summed E-state index contributed by atoms with van der Waals surface area (Å²) in [5.74, 6) is -0.321. The lowest BCUT2D eigenvalue weighted by molar-refractivity contribution is 0.102. The molecule has 6 nitrogen and oxygen atoms in total. The van der Waals surface area contributed by atoms with Crippen LogP contribution in [0.5, 0.6) is 5.75 Å². The van der Waals surface area contributed by atoms with Gasteiger partial charge in [-0.25, -0.2) is 8.42 Å². The molecule has 0 atom stereocenters. The zero-order valence-electron chi connectivity index (χ0n) is 15.7. The molecule has 0 spiro atoms.